The molecule has 1 fully saturated rings. The Hall–Kier alpha value is -2.86. The molecule has 31 heavy (non-hydrogen) atoms. The van der Waals surface area contributed by atoms with Gasteiger partial charge in [-0.15, -0.1) is 0 Å². The van der Waals surface area contributed by atoms with Gasteiger partial charge in [0.25, 0.3) is 5.56 Å². The van der Waals surface area contributed by atoms with E-state index in [-0.39, 0.29) is 5.56 Å². The molecule has 3 heterocycles. The molecule has 1 aromatic carbocycles. The summed E-state index contributed by atoms with van der Waals surface area (Å²) in [5, 5.41) is 0. The molecule has 0 atom stereocenters. The van der Waals surface area contributed by atoms with E-state index < -0.39 is 0 Å². The van der Waals surface area contributed by atoms with Crippen molar-refractivity contribution in [1.29, 1.82) is 0 Å². The van der Waals surface area contributed by atoms with Gasteiger partial charge >= 0.3 is 0 Å². The Balaban J connectivity index is 1.31. The van der Waals surface area contributed by atoms with Crippen molar-refractivity contribution in [2.45, 2.75) is 64.5 Å². The number of hydrogen-bond donors (Lipinski definition) is 1. The molecule has 1 N–H and O–H groups in total. The number of benzene rings is 1. The van der Waals surface area contributed by atoms with Gasteiger partial charge in [-0.05, 0) is 19.8 Å². The predicted octanol–water partition coefficient (Wildman–Crippen LogP) is 4.14. The molecular formula is C25H29N5O. The topological polar surface area (TPSA) is 74.8 Å². The molecule has 0 unspecified atom stereocenters. The summed E-state index contributed by atoms with van der Waals surface area (Å²) in [5.74, 6) is 2.09. The lowest BCUT2D eigenvalue weighted by Gasteiger charge is -2.29. The number of hydrogen-bond acceptors (Lipinski definition) is 5. The van der Waals surface area contributed by atoms with E-state index in [1.54, 1.807) is 0 Å². The van der Waals surface area contributed by atoms with Crippen LogP contribution in [-0.4, -0.2) is 31.4 Å². The van der Waals surface area contributed by atoms with E-state index >= 15 is 0 Å². The van der Waals surface area contributed by atoms with E-state index in [1.807, 2.05) is 43.5 Å². The second-order valence-electron chi connectivity index (χ2n) is 8.84. The number of rotatable bonds is 4. The summed E-state index contributed by atoms with van der Waals surface area (Å²) < 4.78 is 0. The molecule has 2 aromatic heterocycles. The second-order valence-corrected chi connectivity index (χ2v) is 8.84. The van der Waals surface area contributed by atoms with Gasteiger partial charge in [-0.1, -0.05) is 49.6 Å². The zero-order valence-electron chi connectivity index (χ0n) is 18.1. The minimum Gasteiger partial charge on any atom is -0.310 e. The molecule has 2 aliphatic rings. The van der Waals surface area contributed by atoms with Crippen molar-refractivity contribution in [1.82, 2.24) is 24.8 Å². The number of aromatic amines is 1. The van der Waals surface area contributed by atoms with Gasteiger partial charge in [-0.25, -0.2) is 15.0 Å². The standard InChI is InChI=1S/C25H29N5O/c1-17-20(14-26-23(27-17)18-8-4-2-5-9-18)15-30-13-12-22-21(16-30)25(31)29-24(28-22)19-10-6-3-7-11-19/h2,4-5,8-9,14,19H,3,6-7,10-13,15-16H2,1H3,(H,28,29,31). The van der Waals surface area contributed by atoms with E-state index in [2.05, 4.69) is 14.9 Å². The van der Waals surface area contributed by atoms with Crippen LogP contribution in [0.3, 0.4) is 0 Å². The predicted molar refractivity (Wildman–Crippen MR) is 121 cm³/mol. The maximum atomic E-state index is 12.8. The number of nitrogens with one attached hydrogen (secondary N) is 1. The lowest BCUT2D eigenvalue weighted by molar-refractivity contribution is 0.240. The van der Waals surface area contributed by atoms with Gasteiger partial charge in [-0.2, -0.15) is 0 Å². The molecule has 0 saturated heterocycles. The first-order chi connectivity index (χ1) is 15.2. The highest BCUT2D eigenvalue weighted by Gasteiger charge is 2.25. The number of H-pyrrole nitrogens is 1. The van der Waals surface area contributed by atoms with Crippen molar-refractivity contribution in [3.05, 3.63) is 75.2 Å². The average molecular weight is 416 g/mol. The molecule has 5 rings (SSSR count). The highest BCUT2D eigenvalue weighted by molar-refractivity contribution is 5.54. The Kier molecular flexibility index (Phi) is 5.64. The summed E-state index contributed by atoms with van der Waals surface area (Å²) in [6, 6.07) is 10.0. The van der Waals surface area contributed by atoms with Crippen LogP contribution in [0.4, 0.5) is 0 Å². The van der Waals surface area contributed by atoms with E-state index in [0.29, 0.717) is 12.5 Å². The molecule has 3 aromatic rings. The van der Waals surface area contributed by atoms with Gasteiger partial charge in [0.1, 0.15) is 5.82 Å². The van der Waals surface area contributed by atoms with E-state index in [1.165, 1.54) is 19.3 Å². The first kappa shape index (κ1) is 20.1. The van der Waals surface area contributed by atoms with Crippen LogP contribution in [0.1, 0.15) is 66.4 Å². The SMILES string of the molecule is Cc1nc(-c2ccccc2)ncc1CN1CCc2nc(C3CCCCC3)[nH]c(=O)c2C1. The highest BCUT2D eigenvalue weighted by atomic mass is 16.1. The molecule has 0 spiro atoms. The minimum atomic E-state index is 0.0441. The Bertz CT molecular complexity index is 1120. The zero-order chi connectivity index (χ0) is 21.2. The molecule has 0 amide bonds. The van der Waals surface area contributed by atoms with Crippen molar-refractivity contribution in [3.8, 4) is 11.4 Å². The fraction of sp³-hybridized carbons (Fsp3) is 0.440. The fourth-order valence-corrected chi connectivity index (χ4v) is 4.82. The Labute approximate surface area is 182 Å². The van der Waals surface area contributed by atoms with Crippen LogP contribution in [0.25, 0.3) is 11.4 Å². The monoisotopic (exact) mass is 415 g/mol. The highest BCUT2D eigenvalue weighted by Crippen LogP contribution is 2.31. The number of aryl methyl sites for hydroxylation is 1. The molecule has 1 aliphatic heterocycles. The van der Waals surface area contributed by atoms with Crippen molar-refractivity contribution >= 4 is 0 Å². The smallest absolute Gasteiger partial charge is 0.255 e. The maximum Gasteiger partial charge on any atom is 0.255 e. The summed E-state index contributed by atoms with van der Waals surface area (Å²) in [6.45, 7) is 4.30. The summed E-state index contributed by atoms with van der Waals surface area (Å²) in [7, 11) is 0. The van der Waals surface area contributed by atoms with E-state index in [9.17, 15) is 4.79 Å². The van der Waals surface area contributed by atoms with Crippen LogP contribution in [0.15, 0.2) is 41.3 Å². The third-order valence-electron chi connectivity index (χ3n) is 6.66. The minimum absolute atomic E-state index is 0.0441. The summed E-state index contributed by atoms with van der Waals surface area (Å²) in [5.41, 5.74) is 4.97. The third kappa shape index (κ3) is 4.30. The first-order valence-electron chi connectivity index (χ1n) is 11.4. The van der Waals surface area contributed by atoms with Gasteiger partial charge in [-0.3, -0.25) is 9.69 Å². The maximum absolute atomic E-state index is 12.8. The van der Waals surface area contributed by atoms with Crippen molar-refractivity contribution in [2.24, 2.45) is 0 Å². The summed E-state index contributed by atoms with van der Waals surface area (Å²) in [6.07, 6.45) is 8.82. The number of nitrogens with zero attached hydrogens (tertiary/aromatic N) is 4. The van der Waals surface area contributed by atoms with Gasteiger partial charge in [0, 0.05) is 55.0 Å². The van der Waals surface area contributed by atoms with Crippen LogP contribution in [0.5, 0.6) is 0 Å². The molecule has 0 bridgehead atoms. The van der Waals surface area contributed by atoms with Crippen LogP contribution in [0, 0.1) is 6.92 Å². The lowest BCUT2D eigenvalue weighted by atomic mass is 9.88. The fourth-order valence-electron chi connectivity index (χ4n) is 4.82. The average Bonchev–Trinajstić information content (AvgIpc) is 2.82. The van der Waals surface area contributed by atoms with Gasteiger partial charge < -0.3 is 4.98 Å². The van der Waals surface area contributed by atoms with Crippen LogP contribution < -0.4 is 5.56 Å². The molecule has 160 valence electrons. The van der Waals surface area contributed by atoms with Crippen molar-refractivity contribution < 1.29 is 0 Å². The quantitative estimate of drug-likeness (QED) is 0.693. The van der Waals surface area contributed by atoms with Gasteiger partial charge in [0.15, 0.2) is 5.82 Å². The first-order valence-corrected chi connectivity index (χ1v) is 11.4. The van der Waals surface area contributed by atoms with Crippen LogP contribution >= 0.6 is 0 Å². The molecule has 6 heteroatoms. The Morgan fingerprint density at radius 1 is 1.10 bits per heavy atom. The second kappa shape index (κ2) is 8.71. The van der Waals surface area contributed by atoms with Gasteiger partial charge in [0.05, 0.1) is 11.3 Å². The van der Waals surface area contributed by atoms with Crippen molar-refractivity contribution in [3.63, 3.8) is 0 Å². The molecular weight excluding hydrogens is 386 g/mol. The zero-order valence-corrected chi connectivity index (χ0v) is 18.1. The van der Waals surface area contributed by atoms with Crippen LogP contribution in [-0.2, 0) is 19.5 Å². The van der Waals surface area contributed by atoms with E-state index in [4.69, 9.17) is 9.97 Å². The molecule has 1 aliphatic carbocycles. The Morgan fingerprint density at radius 3 is 2.68 bits per heavy atom. The van der Waals surface area contributed by atoms with Gasteiger partial charge in [0.2, 0.25) is 0 Å². The normalized spacial score (nSPS) is 17.5. The van der Waals surface area contributed by atoms with E-state index in [0.717, 1.165) is 72.1 Å². The third-order valence-corrected chi connectivity index (χ3v) is 6.66. The molecule has 6 nitrogen and oxygen atoms in total. The number of fused-ring (bicyclic) bond motifs is 1. The summed E-state index contributed by atoms with van der Waals surface area (Å²) in [4.78, 5) is 32.4. The largest absolute Gasteiger partial charge is 0.310 e. The van der Waals surface area contributed by atoms with Crippen molar-refractivity contribution in [2.75, 3.05) is 6.54 Å². The van der Waals surface area contributed by atoms with Crippen LogP contribution in [0.2, 0.25) is 0 Å². The molecule has 0 radical (unpaired) electrons. The molecule has 1 saturated carbocycles. The Morgan fingerprint density at radius 2 is 1.90 bits per heavy atom. The summed E-state index contributed by atoms with van der Waals surface area (Å²) >= 11 is 0. The lowest BCUT2D eigenvalue weighted by Crippen LogP contribution is -2.36. The number of aromatic nitrogens is 4.